The molecule has 2 aliphatic heterocycles. The highest BCUT2D eigenvalue weighted by Crippen LogP contribution is 2.26. The van der Waals surface area contributed by atoms with Gasteiger partial charge in [-0.25, -0.2) is 0 Å². The molecule has 1 aromatic rings. The smallest absolute Gasteiger partial charge is 0.222 e. The van der Waals surface area contributed by atoms with Gasteiger partial charge in [0.25, 0.3) is 0 Å². The zero-order valence-electron chi connectivity index (χ0n) is 19.8. The summed E-state index contributed by atoms with van der Waals surface area (Å²) in [7, 11) is 0. The second-order valence-corrected chi connectivity index (χ2v) is 9.91. The lowest BCUT2D eigenvalue weighted by Crippen LogP contribution is -2.55. The molecular weight excluding hydrogens is 440 g/mol. The number of amides is 3. The molecule has 0 unspecified atom stereocenters. The van der Waals surface area contributed by atoms with Gasteiger partial charge in [0.05, 0.1) is 0 Å². The Hall–Kier alpha value is -2.12. The molecule has 2 heterocycles. The molecule has 7 nitrogen and oxygen atoms in total. The highest BCUT2D eigenvalue weighted by molar-refractivity contribution is 6.30. The highest BCUT2D eigenvalue weighted by atomic mass is 35.5. The van der Waals surface area contributed by atoms with Gasteiger partial charge in [-0.1, -0.05) is 30.7 Å². The van der Waals surface area contributed by atoms with Crippen LogP contribution in [0.3, 0.4) is 0 Å². The Labute approximate surface area is 202 Å². The van der Waals surface area contributed by atoms with Gasteiger partial charge in [0.15, 0.2) is 0 Å². The van der Waals surface area contributed by atoms with Gasteiger partial charge in [0.2, 0.25) is 17.7 Å². The molecule has 0 saturated carbocycles. The molecule has 0 bridgehead atoms. The second-order valence-electron chi connectivity index (χ2n) is 9.48. The first-order valence-corrected chi connectivity index (χ1v) is 12.4. The molecule has 182 valence electrons. The molecule has 3 amide bonds. The summed E-state index contributed by atoms with van der Waals surface area (Å²) in [4.78, 5) is 42.6. The van der Waals surface area contributed by atoms with Gasteiger partial charge in [0, 0.05) is 69.1 Å². The van der Waals surface area contributed by atoms with Crippen LogP contribution in [0.2, 0.25) is 5.02 Å². The number of halogens is 1. The quantitative estimate of drug-likeness (QED) is 0.625. The zero-order valence-corrected chi connectivity index (χ0v) is 20.6. The van der Waals surface area contributed by atoms with Crippen LogP contribution in [0.5, 0.6) is 0 Å². The SMILES string of the molecule is CC(=O)N1CCC(N(C[C@@H](C)C(N)=O)C2CCN(C(=O)CCc3ccc(Cl)cc3)CC2)CC1. The minimum absolute atomic E-state index is 0.121. The van der Waals surface area contributed by atoms with E-state index in [4.69, 9.17) is 17.3 Å². The third kappa shape index (κ3) is 7.18. The fourth-order valence-electron chi connectivity index (χ4n) is 5.02. The number of primary amides is 1. The molecule has 0 aromatic heterocycles. The van der Waals surface area contributed by atoms with Crippen LogP contribution in [0, 0.1) is 5.92 Å². The van der Waals surface area contributed by atoms with Crippen molar-refractivity contribution in [1.29, 1.82) is 0 Å². The molecule has 33 heavy (non-hydrogen) atoms. The van der Waals surface area contributed by atoms with Gasteiger partial charge in [-0.15, -0.1) is 0 Å². The number of rotatable bonds is 8. The van der Waals surface area contributed by atoms with Crippen LogP contribution in [0.1, 0.15) is 51.5 Å². The van der Waals surface area contributed by atoms with Gasteiger partial charge in [-0.05, 0) is 49.8 Å². The molecule has 0 spiro atoms. The molecule has 0 aliphatic carbocycles. The molecule has 2 aliphatic rings. The van der Waals surface area contributed by atoms with Crippen LogP contribution >= 0.6 is 11.6 Å². The number of aryl methyl sites for hydroxylation is 1. The van der Waals surface area contributed by atoms with Crippen molar-refractivity contribution < 1.29 is 14.4 Å². The number of nitrogens with two attached hydrogens (primary N) is 1. The van der Waals surface area contributed by atoms with E-state index in [1.165, 1.54) is 0 Å². The summed E-state index contributed by atoms with van der Waals surface area (Å²) in [6.07, 6.45) is 4.82. The van der Waals surface area contributed by atoms with Gasteiger partial charge in [-0.2, -0.15) is 0 Å². The van der Waals surface area contributed by atoms with E-state index in [0.717, 1.165) is 57.4 Å². The lowest BCUT2D eigenvalue weighted by atomic mass is 9.94. The third-order valence-electron chi connectivity index (χ3n) is 7.18. The van der Waals surface area contributed by atoms with E-state index in [0.29, 0.717) is 36.5 Å². The van der Waals surface area contributed by atoms with E-state index in [1.54, 1.807) is 6.92 Å². The minimum atomic E-state index is -0.281. The summed E-state index contributed by atoms with van der Waals surface area (Å²) in [5, 5.41) is 0.703. The summed E-state index contributed by atoms with van der Waals surface area (Å²) >= 11 is 5.94. The standard InChI is InChI=1S/C25H37ClN4O3/c1-18(25(27)33)17-30(22-9-13-28(14-10-22)19(2)31)23-11-15-29(16-12-23)24(32)8-5-20-3-6-21(26)7-4-20/h3-4,6-7,18,22-23H,5,8-17H2,1-2H3,(H2,27,33)/t18-/m1/s1. The van der Waals surface area contributed by atoms with Gasteiger partial charge in [0.1, 0.15) is 0 Å². The maximum atomic E-state index is 12.8. The van der Waals surface area contributed by atoms with Crippen molar-refractivity contribution in [2.75, 3.05) is 32.7 Å². The number of likely N-dealkylation sites (tertiary alicyclic amines) is 2. The molecule has 0 radical (unpaired) electrons. The molecule has 2 N–H and O–H groups in total. The zero-order chi connectivity index (χ0) is 24.0. The number of hydrogen-bond donors (Lipinski definition) is 1. The van der Waals surface area contributed by atoms with Crippen molar-refractivity contribution in [2.24, 2.45) is 11.7 Å². The number of nitrogens with zero attached hydrogens (tertiary/aromatic N) is 3. The van der Waals surface area contributed by atoms with Crippen molar-refractivity contribution in [3.05, 3.63) is 34.9 Å². The molecule has 2 saturated heterocycles. The third-order valence-corrected chi connectivity index (χ3v) is 7.43. The van der Waals surface area contributed by atoms with Gasteiger partial charge in [-0.3, -0.25) is 19.3 Å². The first-order valence-electron chi connectivity index (χ1n) is 12.1. The number of carbonyl (C=O) groups excluding carboxylic acids is 3. The Morgan fingerprint density at radius 3 is 2.00 bits per heavy atom. The topological polar surface area (TPSA) is 87.0 Å². The van der Waals surface area contributed by atoms with Gasteiger partial charge >= 0.3 is 0 Å². The lowest BCUT2D eigenvalue weighted by molar-refractivity contribution is -0.133. The van der Waals surface area contributed by atoms with Crippen molar-refractivity contribution in [3.8, 4) is 0 Å². The Bertz CT molecular complexity index is 815. The largest absolute Gasteiger partial charge is 0.369 e. The van der Waals surface area contributed by atoms with Crippen LogP contribution in [-0.2, 0) is 20.8 Å². The predicted octanol–water partition coefficient (Wildman–Crippen LogP) is 2.70. The van der Waals surface area contributed by atoms with Crippen molar-refractivity contribution >= 4 is 29.3 Å². The Morgan fingerprint density at radius 2 is 1.52 bits per heavy atom. The van der Waals surface area contributed by atoms with E-state index in [1.807, 2.05) is 41.0 Å². The maximum absolute atomic E-state index is 12.8. The van der Waals surface area contributed by atoms with E-state index < -0.39 is 0 Å². The highest BCUT2D eigenvalue weighted by Gasteiger charge is 2.34. The summed E-state index contributed by atoms with van der Waals surface area (Å²) in [5.74, 6) is -0.197. The second kappa shape index (κ2) is 11.8. The molecule has 3 rings (SSSR count). The van der Waals surface area contributed by atoms with E-state index in [9.17, 15) is 14.4 Å². The van der Waals surface area contributed by atoms with Crippen molar-refractivity contribution in [3.63, 3.8) is 0 Å². The molecule has 2 fully saturated rings. The predicted molar refractivity (Wildman–Crippen MR) is 130 cm³/mol. The summed E-state index contributed by atoms with van der Waals surface area (Å²) in [5.41, 5.74) is 6.69. The Kier molecular flexibility index (Phi) is 9.15. The fraction of sp³-hybridized carbons (Fsp3) is 0.640. The van der Waals surface area contributed by atoms with E-state index in [-0.39, 0.29) is 23.6 Å². The van der Waals surface area contributed by atoms with Crippen molar-refractivity contribution in [2.45, 2.75) is 64.5 Å². The Morgan fingerprint density at radius 1 is 1.00 bits per heavy atom. The van der Waals surface area contributed by atoms with Crippen molar-refractivity contribution in [1.82, 2.24) is 14.7 Å². The van der Waals surface area contributed by atoms with Crippen LogP contribution in [0.15, 0.2) is 24.3 Å². The fourth-order valence-corrected chi connectivity index (χ4v) is 5.15. The summed E-state index contributed by atoms with van der Waals surface area (Å²) < 4.78 is 0. The van der Waals surface area contributed by atoms with Crippen LogP contribution in [0.4, 0.5) is 0 Å². The first kappa shape index (κ1) is 25.5. The minimum Gasteiger partial charge on any atom is -0.369 e. The van der Waals surface area contributed by atoms with E-state index >= 15 is 0 Å². The number of benzene rings is 1. The van der Waals surface area contributed by atoms with Crippen LogP contribution < -0.4 is 5.73 Å². The molecule has 1 atom stereocenters. The first-order chi connectivity index (χ1) is 15.7. The summed E-state index contributed by atoms with van der Waals surface area (Å²) in [6, 6.07) is 8.30. The lowest BCUT2D eigenvalue weighted by Gasteiger charge is -2.45. The number of hydrogen-bond acceptors (Lipinski definition) is 4. The number of carbonyl (C=O) groups is 3. The summed E-state index contributed by atoms with van der Waals surface area (Å²) in [6.45, 7) is 7.11. The normalized spacial score (nSPS) is 19.0. The van der Waals surface area contributed by atoms with Crippen LogP contribution in [-0.4, -0.2) is 77.2 Å². The monoisotopic (exact) mass is 476 g/mol. The van der Waals surface area contributed by atoms with E-state index in [2.05, 4.69) is 4.90 Å². The van der Waals surface area contributed by atoms with Crippen LogP contribution in [0.25, 0.3) is 0 Å². The molecule has 8 heteroatoms. The number of piperidine rings is 2. The molecular formula is C25H37ClN4O3. The Balaban J connectivity index is 1.54. The average Bonchev–Trinajstić information content (AvgIpc) is 2.82. The molecule has 1 aromatic carbocycles. The maximum Gasteiger partial charge on any atom is 0.222 e. The average molecular weight is 477 g/mol. The van der Waals surface area contributed by atoms with Gasteiger partial charge < -0.3 is 15.5 Å².